The van der Waals surface area contributed by atoms with Gasteiger partial charge in [0.2, 0.25) is 0 Å². The number of unbranched alkanes of at least 4 members (excludes halogenated alkanes) is 3. The van der Waals surface area contributed by atoms with Gasteiger partial charge in [-0.3, -0.25) is 0 Å². The van der Waals surface area contributed by atoms with Crippen LogP contribution in [0.2, 0.25) is 0 Å². The third-order valence-corrected chi connectivity index (χ3v) is 1.96. The molecule has 0 saturated carbocycles. The molecule has 1 rings (SSSR count). The Bertz CT molecular complexity index is 301. The second-order valence-corrected chi connectivity index (χ2v) is 3.21. The maximum Gasteiger partial charge on any atom is 0.465 e. The summed E-state index contributed by atoms with van der Waals surface area (Å²) in [6.45, 7) is 2.89. The summed E-state index contributed by atoms with van der Waals surface area (Å²) in [5, 5.41) is 6.53. The van der Waals surface area contributed by atoms with Crippen LogP contribution >= 0.6 is 0 Å². The molecular formula is C8H17N4O+. The lowest BCUT2D eigenvalue weighted by Gasteiger charge is -1.92. The standard InChI is InChI=1S/C8H16N4O/c1-3-4-5-6-7-12-8(13)9-11(2)10-12/h3-7H2,1-2H3/p+1. The molecule has 74 valence electrons. The molecule has 0 radical (unpaired) electrons. The van der Waals surface area contributed by atoms with Crippen LogP contribution < -0.4 is 10.5 Å². The summed E-state index contributed by atoms with van der Waals surface area (Å²) in [5.41, 5.74) is -0.126. The molecule has 0 fully saturated rings. The van der Waals surface area contributed by atoms with Gasteiger partial charge >= 0.3 is 5.69 Å². The van der Waals surface area contributed by atoms with E-state index in [9.17, 15) is 4.79 Å². The highest BCUT2D eigenvalue weighted by atomic mass is 16.2. The Labute approximate surface area is 77.3 Å². The molecule has 0 aromatic carbocycles. The molecule has 1 N–H and O–H groups in total. The van der Waals surface area contributed by atoms with E-state index in [1.807, 2.05) is 0 Å². The first-order valence-electron chi connectivity index (χ1n) is 4.77. The first-order valence-corrected chi connectivity index (χ1v) is 4.77. The molecule has 5 heteroatoms. The third-order valence-electron chi connectivity index (χ3n) is 1.96. The van der Waals surface area contributed by atoms with Crippen molar-refractivity contribution in [1.82, 2.24) is 15.0 Å². The lowest BCUT2D eigenvalue weighted by atomic mass is 10.2. The Hall–Kier alpha value is -1.13. The van der Waals surface area contributed by atoms with Gasteiger partial charge in [0.1, 0.15) is 18.8 Å². The van der Waals surface area contributed by atoms with Gasteiger partial charge in [0.05, 0.1) is 0 Å². The minimum atomic E-state index is -0.126. The molecule has 0 unspecified atom stereocenters. The maximum absolute atomic E-state index is 11.1. The fraction of sp³-hybridized carbons (Fsp3) is 0.875. The normalized spacial score (nSPS) is 10.6. The number of nitrogens with one attached hydrogen (secondary N) is 1. The van der Waals surface area contributed by atoms with Gasteiger partial charge in [-0.2, -0.15) is 0 Å². The molecule has 0 spiro atoms. The summed E-state index contributed by atoms with van der Waals surface area (Å²) < 4.78 is 1.47. The molecule has 0 aliphatic carbocycles. The van der Waals surface area contributed by atoms with Crippen molar-refractivity contribution in [2.45, 2.75) is 39.2 Å². The van der Waals surface area contributed by atoms with Gasteiger partial charge in [-0.15, -0.1) is 5.10 Å². The first-order chi connectivity index (χ1) is 6.24. The van der Waals surface area contributed by atoms with Crippen molar-refractivity contribution in [2.75, 3.05) is 0 Å². The average molecular weight is 185 g/mol. The van der Waals surface area contributed by atoms with Crippen LogP contribution in [-0.4, -0.2) is 15.0 Å². The Morgan fingerprint density at radius 3 is 2.77 bits per heavy atom. The molecule has 13 heavy (non-hydrogen) atoms. The topological polar surface area (TPSA) is 54.6 Å². The molecule has 0 amide bonds. The number of hydrogen-bond donors (Lipinski definition) is 1. The molecule has 1 heterocycles. The fourth-order valence-corrected chi connectivity index (χ4v) is 1.26. The van der Waals surface area contributed by atoms with E-state index in [1.54, 1.807) is 7.05 Å². The number of aromatic nitrogens is 4. The summed E-state index contributed by atoms with van der Waals surface area (Å²) in [4.78, 5) is 12.6. The SMILES string of the molecule is CCCCCCn1n[n+](C)[nH]c1=O. The molecule has 0 aliphatic rings. The van der Waals surface area contributed by atoms with Crippen molar-refractivity contribution in [3.63, 3.8) is 0 Å². The van der Waals surface area contributed by atoms with Crippen LogP contribution in [0, 0.1) is 0 Å². The largest absolute Gasteiger partial charge is 0.465 e. The summed E-state index contributed by atoms with van der Waals surface area (Å²) in [7, 11) is 1.71. The van der Waals surface area contributed by atoms with Gasteiger partial charge in [0.25, 0.3) is 0 Å². The zero-order valence-corrected chi connectivity index (χ0v) is 8.29. The van der Waals surface area contributed by atoms with Crippen molar-refractivity contribution in [3.8, 4) is 0 Å². The van der Waals surface area contributed by atoms with Gasteiger partial charge in [-0.25, -0.2) is 4.79 Å². The predicted octanol–water partition coefficient (Wildman–Crippen LogP) is -0.0238. The van der Waals surface area contributed by atoms with Crippen molar-refractivity contribution in [3.05, 3.63) is 10.5 Å². The van der Waals surface area contributed by atoms with Crippen molar-refractivity contribution in [2.24, 2.45) is 7.05 Å². The third kappa shape index (κ3) is 3.01. The van der Waals surface area contributed by atoms with Crippen LogP contribution in [0.15, 0.2) is 4.79 Å². The monoisotopic (exact) mass is 185 g/mol. The second kappa shape index (κ2) is 4.79. The van der Waals surface area contributed by atoms with E-state index in [1.165, 1.54) is 28.7 Å². The van der Waals surface area contributed by atoms with Crippen LogP contribution in [0.1, 0.15) is 32.6 Å². The van der Waals surface area contributed by atoms with E-state index < -0.39 is 0 Å². The Balaban J connectivity index is 2.36. The lowest BCUT2D eigenvalue weighted by molar-refractivity contribution is -0.786. The predicted molar refractivity (Wildman–Crippen MR) is 48.2 cm³/mol. The molecule has 0 atom stereocenters. The number of aromatic amines is 1. The zero-order valence-electron chi connectivity index (χ0n) is 8.29. The van der Waals surface area contributed by atoms with Crippen molar-refractivity contribution in [1.29, 1.82) is 0 Å². The van der Waals surface area contributed by atoms with E-state index in [4.69, 9.17) is 0 Å². The van der Waals surface area contributed by atoms with Crippen LogP contribution in [0.3, 0.4) is 0 Å². The molecule has 1 aromatic rings. The molecule has 0 aliphatic heterocycles. The minimum absolute atomic E-state index is 0.126. The first kappa shape index (κ1) is 9.95. The Morgan fingerprint density at radius 1 is 1.46 bits per heavy atom. The smallest absolute Gasteiger partial charge is 0.215 e. The van der Waals surface area contributed by atoms with Gasteiger partial charge in [0, 0.05) is 0 Å². The second-order valence-electron chi connectivity index (χ2n) is 3.21. The molecule has 1 aromatic heterocycles. The highest BCUT2D eigenvalue weighted by molar-refractivity contribution is 4.49. The number of hydrogen-bond acceptors (Lipinski definition) is 2. The molecular weight excluding hydrogens is 168 g/mol. The number of nitrogens with zero attached hydrogens (tertiary/aromatic N) is 3. The number of rotatable bonds is 5. The number of tetrazole rings is 1. The Kier molecular flexibility index (Phi) is 3.67. The summed E-state index contributed by atoms with van der Waals surface area (Å²) in [6.07, 6.45) is 4.63. The highest BCUT2D eigenvalue weighted by Gasteiger charge is 2.07. The van der Waals surface area contributed by atoms with Crippen molar-refractivity contribution < 1.29 is 4.80 Å². The van der Waals surface area contributed by atoms with Crippen molar-refractivity contribution >= 4 is 0 Å². The fourth-order valence-electron chi connectivity index (χ4n) is 1.26. The van der Waals surface area contributed by atoms with Gasteiger partial charge in [-0.05, 0) is 12.8 Å². The summed E-state index contributed by atoms with van der Waals surface area (Å²) in [6, 6.07) is 0. The quantitative estimate of drug-likeness (QED) is 0.517. The Morgan fingerprint density at radius 2 is 2.23 bits per heavy atom. The molecule has 0 saturated heterocycles. The van der Waals surface area contributed by atoms with Crippen LogP contribution in [0.5, 0.6) is 0 Å². The minimum Gasteiger partial charge on any atom is -0.215 e. The summed E-state index contributed by atoms with van der Waals surface area (Å²) >= 11 is 0. The zero-order chi connectivity index (χ0) is 9.68. The van der Waals surface area contributed by atoms with E-state index >= 15 is 0 Å². The van der Waals surface area contributed by atoms with E-state index in [0.717, 1.165) is 13.0 Å². The highest BCUT2D eigenvalue weighted by Crippen LogP contribution is 1.98. The maximum atomic E-state index is 11.1. The summed E-state index contributed by atoms with van der Waals surface area (Å²) in [5.74, 6) is 0. The number of H-pyrrole nitrogens is 1. The van der Waals surface area contributed by atoms with Gasteiger partial charge < -0.3 is 0 Å². The van der Waals surface area contributed by atoms with E-state index in [2.05, 4.69) is 17.2 Å². The lowest BCUT2D eigenvalue weighted by Crippen LogP contribution is -2.35. The number of aryl methyl sites for hydroxylation is 2. The van der Waals surface area contributed by atoms with E-state index in [-0.39, 0.29) is 5.69 Å². The van der Waals surface area contributed by atoms with Crippen LogP contribution in [0.4, 0.5) is 0 Å². The molecule has 0 bridgehead atoms. The van der Waals surface area contributed by atoms with E-state index in [0.29, 0.717) is 0 Å². The van der Waals surface area contributed by atoms with Crippen LogP contribution in [-0.2, 0) is 13.6 Å². The van der Waals surface area contributed by atoms with Gasteiger partial charge in [0.15, 0.2) is 0 Å². The average Bonchev–Trinajstić information content (AvgIpc) is 2.39. The van der Waals surface area contributed by atoms with Crippen LogP contribution in [0.25, 0.3) is 0 Å². The van der Waals surface area contributed by atoms with Gasteiger partial charge in [-0.1, -0.05) is 29.2 Å². The molecule has 5 nitrogen and oxygen atoms in total.